The standard InChI is InChI=1S/C16H18F3NO4/c1-10(7-11-3-2-4-12(8-11)16(17,18)19)14(21)20-5-6-24-9-13(20)15(22)23/h2-4,8,10,13H,5-7,9H2,1H3,(H,22,23). The summed E-state index contributed by atoms with van der Waals surface area (Å²) in [7, 11) is 0. The first-order valence-electron chi connectivity index (χ1n) is 7.47. The summed E-state index contributed by atoms with van der Waals surface area (Å²) in [5.41, 5.74) is -0.389. The third-order valence-electron chi connectivity index (χ3n) is 3.91. The van der Waals surface area contributed by atoms with Crippen molar-refractivity contribution in [2.75, 3.05) is 19.8 Å². The summed E-state index contributed by atoms with van der Waals surface area (Å²) >= 11 is 0. The van der Waals surface area contributed by atoms with E-state index in [1.54, 1.807) is 6.92 Å². The molecule has 1 amide bonds. The molecule has 1 N–H and O–H groups in total. The van der Waals surface area contributed by atoms with E-state index in [0.717, 1.165) is 12.1 Å². The molecule has 0 bridgehead atoms. The average Bonchev–Trinajstić information content (AvgIpc) is 2.53. The SMILES string of the molecule is CC(Cc1cccc(C(F)(F)F)c1)C(=O)N1CCOCC1C(=O)O. The van der Waals surface area contributed by atoms with Crippen LogP contribution >= 0.6 is 0 Å². The summed E-state index contributed by atoms with van der Waals surface area (Å²) in [4.78, 5) is 24.9. The van der Waals surface area contributed by atoms with Crippen molar-refractivity contribution in [2.24, 2.45) is 5.92 Å². The number of amides is 1. The molecule has 1 aliphatic heterocycles. The molecule has 1 saturated heterocycles. The smallest absolute Gasteiger partial charge is 0.416 e. The van der Waals surface area contributed by atoms with Crippen LogP contribution in [0.15, 0.2) is 24.3 Å². The van der Waals surface area contributed by atoms with E-state index in [9.17, 15) is 22.8 Å². The van der Waals surface area contributed by atoms with E-state index in [1.807, 2.05) is 0 Å². The first kappa shape index (κ1) is 18.3. The summed E-state index contributed by atoms with van der Waals surface area (Å²) in [6, 6.07) is 3.74. The maximum atomic E-state index is 12.7. The van der Waals surface area contributed by atoms with Gasteiger partial charge < -0.3 is 14.7 Å². The van der Waals surface area contributed by atoms with Crippen LogP contribution in [0, 0.1) is 5.92 Å². The number of morpholine rings is 1. The molecule has 0 saturated carbocycles. The Balaban J connectivity index is 2.10. The quantitative estimate of drug-likeness (QED) is 0.908. The second kappa shape index (κ2) is 7.21. The van der Waals surface area contributed by atoms with Gasteiger partial charge in [-0.25, -0.2) is 4.79 Å². The zero-order chi connectivity index (χ0) is 17.9. The zero-order valence-electron chi connectivity index (χ0n) is 13.0. The number of alkyl halides is 3. The van der Waals surface area contributed by atoms with Gasteiger partial charge in [0.25, 0.3) is 0 Å². The van der Waals surface area contributed by atoms with Gasteiger partial charge >= 0.3 is 12.1 Å². The lowest BCUT2D eigenvalue weighted by atomic mass is 9.97. The van der Waals surface area contributed by atoms with Gasteiger partial charge in [0.05, 0.1) is 18.8 Å². The van der Waals surface area contributed by atoms with Crippen molar-refractivity contribution in [3.8, 4) is 0 Å². The lowest BCUT2D eigenvalue weighted by Crippen LogP contribution is -2.54. The van der Waals surface area contributed by atoms with Crippen molar-refractivity contribution in [1.82, 2.24) is 4.90 Å². The van der Waals surface area contributed by atoms with Crippen LogP contribution in [-0.4, -0.2) is 47.7 Å². The lowest BCUT2D eigenvalue weighted by molar-refractivity contribution is -0.160. The fourth-order valence-corrected chi connectivity index (χ4v) is 2.67. The average molecular weight is 345 g/mol. The van der Waals surface area contributed by atoms with Crippen molar-refractivity contribution in [3.63, 3.8) is 0 Å². The molecule has 132 valence electrons. The molecule has 0 aliphatic carbocycles. The fraction of sp³-hybridized carbons (Fsp3) is 0.500. The van der Waals surface area contributed by atoms with Crippen LogP contribution in [0.5, 0.6) is 0 Å². The number of ether oxygens (including phenoxy) is 1. The largest absolute Gasteiger partial charge is 0.480 e. The molecule has 1 aliphatic rings. The molecule has 1 fully saturated rings. The highest BCUT2D eigenvalue weighted by Crippen LogP contribution is 2.30. The number of benzene rings is 1. The molecular formula is C16H18F3NO4. The Morgan fingerprint density at radius 1 is 1.42 bits per heavy atom. The van der Waals surface area contributed by atoms with Gasteiger partial charge in [0.1, 0.15) is 0 Å². The molecule has 1 aromatic carbocycles. The van der Waals surface area contributed by atoms with Crippen LogP contribution in [-0.2, 0) is 26.9 Å². The van der Waals surface area contributed by atoms with Gasteiger partial charge in [-0.3, -0.25) is 4.79 Å². The molecule has 24 heavy (non-hydrogen) atoms. The zero-order valence-corrected chi connectivity index (χ0v) is 13.0. The van der Waals surface area contributed by atoms with E-state index in [-0.39, 0.29) is 26.2 Å². The van der Waals surface area contributed by atoms with Crippen molar-refractivity contribution < 1.29 is 32.6 Å². The number of hydrogen-bond donors (Lipinski definition) is 1. The number of nitrogens with zero attached hydrogens (tertiary/aromatic N) is 1. The number of carboxylic acid groups (broad SMARTS) is 1. The Morgan fingerprint density at radius 3 is 2.75 bits per heavy atom. The number of rotatable bonds is 4. The van der Waals surface area contributed by atoms with E-state index in [2.05, 4.69) is 0 Å². The van der Waals surface area contributed by atoms with E-state index in [0.29, 0.717) is 5.56 Å². The molecule has 0 radical (unpaired) electrons. The third kappa shape index (κ3) is 4.25. The molecule has 8 heteroatoms. The van der Waals surface area contributed by atoms with Crippen molar-refractivity contribution in [2.45, 2.75) is 25.6 Å². The van der Waals surface area contributed by atoms with Crippen LogP contribution in [0.3, 0.4) is 0 Å². The first-order chi connectivity index (χ1) is 11.2. The molecule has 2 unspecified atom stereocenters. The third-order valence-corrected chi connectivity index (χ3v) is 3.91. The minimum absolute atomic E-state index is 0.0860. The lowest BCUT2D eigenvalue weighted by Gasteiger charge is -2.34. The summed E-state index contributed by atoms with van der Waals surface area (Å²) in [6.45, 7) is 1.89. The molecule has 0 aromatic heterocycles. The monoisotopic (exact) mass is 345 g/mol. The number of halogens is 3. The molecule has 1 heterocycles. The maximum Gasteiger partial charge on any atom is 0.416 e. The number of carbonyl (C=O) groups excluding carboxylic acids is 1. The van der Waals surface area contributed by atoms with Gasteiger partial charge in [0.2, 0.25) is 5.91 Å². The first-order valence-corrected chi connectivity index (χ1v) is 7.47. The highest BCUT2D eigenvalue weighted by atomic mass is 19.4. The van der Waals surface area contributed by atoms with Crippen LogP contribution in [0.2, 0.25) is 0 Å². The normalized spacial score (nSPS) is 19.8. The molecule has 1 aromatic rings. The van der Waals surface area contributed by atoms with Gasteiger partial charge in [-0.15, -0.1) is 0 Å². The van der Waals surface area contributed by atoms with Crippen molar-refractivity contribution >= 4 is 11.9 Å². The Hall–Kier alpha value is -2.09. The number of hydrogen-bond acceptors (Lipinski definition) is 3. The van der Waals surface area contributed by atoms with Crippen LogP contribution in [0.1, 0.15) is 18.1 Å². The second-order valence-corrected chi connectivity index (χ2v) is 5.76. The minimum Gasteiger partial charge on any atom is -0.480 e. The molecular weight excluding hydrogens is 327 g/mol. The van der Waals surface area contributed by atoms with Gasteiger partial charge in [-0.1, -0.05) is 25.1 Å². The predicted octanol–water partition coefficient (Wildman–Crippen LogP) is 2.20. The van der Waals surface area contributed by atoms with Gasteiger partial charge in [0.15, 0.2) is 6.04 Å². The minimum atomic E-state index is -4.44. The number of aliphatic carboxylic acids is 1. The van der Waals surface area contributed by atoms with E-state index < -0.39 is 35.6 Å². The number of carboxylic acids is 1. The molecule has 2 rings (SSSR count). The van der Waals surface area contributed by atoms with Crippen LogP contribution in [0.4, 0.5) is 13.2 Å². The Labute approximate surface area is 137 Å². The van der Waals surface area contributed by atoms with Gasteiger partial charge in [-0.05, 0) is 18.1 Å². The van der Waals surface area contributed by atoms with E-state index in [4.69, 9.17) is 9.84 Å². The molecule has 2 atom stereocenters. The molecule has 0 spiro atoms. The van der Waals surface area contributed by atoms with E-state index in [1.165, 1.54) is 17.0 Å². The predicted molar refractivity (Wildman–Crippen MR) is 78.3 cm³/mol. The second-order valence-electron chi connectivity index (χ2n) is 5.76. The molecule has 5 nitrogen and oxygen atoms in total. The topological polar surface area (TPSA) is 66.8 Å². The summed E-state index contributed by atoms with van der Waals surface area (Å²) in [5.74, 6) is -2.19. The summed E-state index contributed by atoms with van der Waals surface area (Å²) < 4.78 is 43.3. The van der Waals surface area contributed by atoms with Gasteiger partial charge in [-0.2, -0.15) is 13.2 Å². The van der Waals surface area contributed by atoms with Gasteiger partial charge in [0, 0.05) is 12.5 Å². The Kier molecular flexibility index (Phi) is 5.48. The number of carbonyl (C=O) groups is 2. The highest BCUT2D eigenvalue weighted by Gasteiger charge is 2.35. The summed E-state index contributed by atoms with van der Waals surface area (Å²) in [6.07, 6.45) is -4.34. The summed E-state index contributed by atoms with van der Waals surface area (Å²) in [5, 5.41) is 9.16. The van der Waals surface area contributed by atoms with Crippen molar-refractivity contribution in [3.05, 3.63) is 35.4 Å². The van der Waals surface area contributed by atoms with Crippen LogP contribution in [0.25, 0.3) is 0 Å². The Bertz CT molecular complexity index is 618. The maximum absolute atomic E-state index is 12.7. The van der Waals surface area contributed by atoms with Crippen molar-refractivity contribution in [1.29, 1.82) is 0 Å². The Morgan fingerprint density at radius 2 is 2.12 bits per heavy atom. The van der Waals surface area contributed by atoms with E-state index >= 15 is 0 Å². The highest BCUT2D eigenvalue weighted by molar-refractivity contribution is 5.85. The fourth-order valence-electron chi connectivity index (χ4n) is 2.67. The van der Waals surface area contributed by atoms with Crippen LogP contribution < -0.4 is 0 Å².